The second-order valence-electron chi connectivity index (χ2n) is 6.99. The van der Waals surface area contributed by atoms with Crippen LogP contribution in [-0.4, -0.2) is 33.5 Å². The molecule has 0 radical (unpaired) electrons. The molecule has 2 heterocycles. The number of amides is 1. The van der Waals surface area contributed by atoms with Crippen LogP contribution in [0.5, 0.6) is 11.5 Å². The van der Waals surface area contributed by atoms with Gasteiger partial charge in [-0.3, -0.25) is 19.5 Å². The van der Waals surface area contributed by atoms with Crippen molar-refractivity contribution in [2.75, 3.05) is 11.5 Å². The molecule has 0 saturated carbocycles. The molecule has 0 spiro atoms. The highest BCUT2D eigenvalue weighted by atomic mass is 35.5. The SMILES string of the molecule is CCOc1ccc(Cl)c(/C(O)=C2\C(=O)C(=O)N(c3ccccc3O)C2c2ccccn2)c1. The molecule has 1 aliphatic heterocycles. The molecule has 1 saturated heterocycles. The highest BCUT2D eigenvalue weighted by molar-refractivity contribution is 6.52. The number of ketones is 1. The Kier molecular flexibility index (Phi) is 5.83. The number of nitrogens with zero attached hydrogens (tertiary/aromatic N) is 2. The summed E-state index contributed by atoms with van der Waals surface area (Å²) in [6.45, 7) is 2.21. The predicted molar refractivity (Wildman–Crippen MR) is 120 cm³/mol. The van der Waals surface area contributed by atoms with Gasteiger partial charge in [0, 0.05) is 11.8 Å². The van der Waals surface area contributed by atoms with Crippen molar-refractivity contribution < 1.29 is 24.5 Å². The van der Waals surface area contributed by atoms with E-state index in [1.54, 1.807) is 36.4 Å². The first kappa shape index (κ1) is 21.4. The van der Waals surface area contributed by atoms with Gasteiger partial charge >= 0.3 is 0 Å². The van der Waals surface area contributed by atoms with Crippen LogP contribution in [0.15, 0.2) is 72.4 Å². The summed E-state index contributed by atoms with van der Waals surface area (Å²) in [5.41, 5.74) is 0.424. The van der Waals surface area contributed by atoms with Crippen LogP contribution in [-0.2, 0) is 9.59 Å². The highest BCUT2D eigenvalue weighted by Gasteiger charge is 2.48. The zero-order valence-corrected chi connectivity index (χ0v) is 17.8. The lowest BCUT2D eigenvalue weighted by atomic mass is 9.98. The van der Waals surface area contributed by atoms with Crippen LogP contribution in [0.3, 0.4) is 0 Å². The van der Waals surface area contributed by atoms with Gasteiger partial charge in [0.25, 0.3) is 11.7 Å². The summed E-state index contributed by atoms with van der Waals surface area (Å²) in [5.74, 6) is -2.02. The minimum Gasteiger partial charge on any atom is -0.507 e. The lowest BCUT2D eigenvalue weighted by Gasteiger charge is -2.25. The van der Waals surface area contributed by atoms with E-state index in [-0.39, 0.29) is 27.6 Å². The molecule has 7 nitrogen and oxygen atoms in total. The Morgan fingerprint density at radius 1 is 1.12 bits per heavy atom. The van der Waals surface area contributed by atoms with Gasteiger partial charge in [-0.25, -0.2) is 0 Å². The van der Waals surface area contributed by atoms with E-state index in [0.29, 0.717) is 18.1 Å². The van der Waals surface area contributed by atoms with Gasteiger partial charge in [0.2, 0.25) is 0 Å². The third-order valence-electron chi connectivity index (χ3n) is 5.06. The molecule has 4 rings (SSSR count). The van der Waals surface area contributed by atoms with E-state index < -0.39 is 23.5 Å². The molecule has 2 N–H and O–H groups in total. The van der Waals surface area contributed by atoms with Crippen LogP contribution in [0.4, 0.5) is 5.69 Å². The normalized spacial score (nSPS) is 17.6. The van der Waals surface area contributed by atoms with E-state index in [2.05, 4.69) is 4.98 Å². The van der Waals surface area contributed by atoms with Gasteiger partial charge in [0.15, 0.2) is 0 Å². The third kappa shape index (κ3) is 3.67. The van der Waals surface area contributed by atoms with Crippen LogP contribution >= 0.6 is 11.6 Å². The zero-order valence-electron chi connectivity index (χ0n) is 17.0. The van der Waals surface area contributed by atoms with Gasteiger partial charge < -0.3 is 14.9 Å². The van der Waals surface area contributed by atoms with Gasteiger partial charge in [-0.1, -0.05) is 29.8 Å². The summed E-state index contributed by atoms with van der Waals surface area (Å²) in [7, 11) is 0. The lowest BCUT2D eigenvalue weighted by molar-refractivity contribution is -0.132. The molecule has 162 valence electrons. The molecule has 1 atom stereocenters. The monoisotopic (exact) mass is 450 g/mol. The number of Topliss-reactive ketones (excluding diaryl/α,β-unsaturated/α-hetero) is 1. The number of aromatic nitrogens is 1. The first-order valence-corrected chi connectivity index (χ1v) is 10.2. The Morgan fingerprint density at radius 3 is 2.56 bits per heavy atom. The van der Waals surface area contributed by atoms with E-state index >= 15 is 0 Å². The number of carbonyl (C=O) groups excluding carboxylic acids is 2. The quantitative estimate of drug-likeness (QED) is 0.338. The molecule has 0 bridgehead atoms. The van der Waals surface area contributed by atoms with Crippen LogP contribution in [0.2, 0.25) is 5.02 Å². The topological polar surface area (TPSA) is 100.0 Å². The van der Waals surface area contributed by atoms with Gasteiger partial charge in [-0.2, -0.15) is 0 Å². The van der Waals surface area contributed by atoms with E-state index in [1.807, 2.05) is 6.92 Å². The number of phenolic OH excluding ortho intramolecular Hbond substituents is 1. The fraction of sp³-hybridized carbons (Fsp3) is 0.125. The van der Waals surface area contributed by atoms with Crippen molar-refractivity contribution in [2.45, 2.75) is 13.0 Å². The predicted octanol–water partition coefficient (Wildman–Crippen LogP) is 4.47. The minimum atomic E-state index is -1.07. The molecule has 1 aromatic heterocycles. The van der Waals surface area contributed by atoms with Crippen LogP contribution in [0.25, 0.3) is 5.76 Å². The number of benzene rings is 2. The number of rotatable bonds is 5. The first-order valence-electron chi connectivity index (χ1n) is 9.86. The van der Waals surface area contributed by atoms with Gasteiger partial charge in [0.1, 0.15) is 23.3 Å². The van der Waals surface area contributed by atoms with Gasteiger partial charge in [-0.15, -0.1) is 0 Å². The Labute approximate surface area is 189 Å². The molecule has 1 aliphatic rings. The average Bonchev–Trinajstić information content (AvgIpc) is 3.06. The van der Waals surface area contributed by atoms with Gasteiger partial charge in [-0.05, 0) is 49.4 Å². The summed E-state index contributed by atoms with van der Waals surface area (Å²) >= 11 is 6.31. The van der Waals surface area contributed by atoms with Crippen molar-refractivity contribution in [3.8, 4) is 11.5 Å². The summed E-state index contributed by atoms with van der Waals surface area (Å²) in [6, 6.07) is 14.8. The van der Waals surface area contributed by atoms with Crippen molar-refractivity contribution in [3.05, 3.63) is 88.7 Å². The fourth-order valence-electron chi connectivity index (χ4n) is 3.65. The number of halogens is 1. The summed E-state index contributed by atoms with van der Waals surface area (Å²) < 4.78 is 5.48. The van der Waals surface area contributed by atoms with E-state index in [1.165, 1.54) is 30.5 Å². The van der Waals surface area contributed by atoms with Crippen molar-refractivity contribution in [3.63, 3.8) is 0 Å². The van der Waals surface area contributed by atoms with E-state index in [9.17, 15) is 19.8 Å². The largest absolute Gasteiger partial charge is 0.507 e. The first-order chi connectivity index (χ1) is 15.4. The number of aliphatic hydroxyl groups is 1. The Morgan fingerprint density at radius 2 is 1.88 bits per heavy atom. The number of aliphatic hydroxyl groups excluding tert-OH is 1. The molecule has 1 amide bonds. The Hall–Kier alpha value is -3.84. The van der Waals surface area contributed by atoms with Crippen LogP contribution < -0.4 is 9.64 Å². The molecular formula is C24H19ClN2O5. The van der Waals surface area contributed by atoms with Crippen LogP contribution in [0, 0.1) is 0 Å². The summed E-state index contributed by atoms with van der Waals surface area (Å²) in [5, 5.41) is 21.8. The van der Waals surface area contributed by atoms with Crippen molar-refractivity contribution in [1.29, 1.82) is 0 Å². The smallest absolute Gasteiger partial charge is 0.300 e. The molecule has 1 fully saturated rings. The molecule has 2 aromatic carbocycles. The minimum absolute atomic E-state index is 0.124. The second-order valence-corrected chi connectivity index (χ2v) is 7.39. The maximum absolute atomic E-state index is 13.1. The van der Waals surface area contributed by atoms with Crippen LogP contribution in [0.1, 0.15) is 24.2 Å². The number of hydrogen-bond donors (Lipinski definition) is 2. The number of hydrogen-bond acceptors (Lipinski definition) is 6. The van der Waals surface area contributed by atoms with E-state index in [0.717, 1.165) is 4.90 Å². The molecule has 1 unspecified atom stereocenters. The second kappa shape index (κ2) is 8.72. The Balaban J connectivity index is 1.96. The van der Waals surface area contributed by atoms with Crippen molar-refractivity contribution in [1.82, 2.24) is 4.98 Å². The molecule has 32 heavy (non-hydrogen) atoms. The van der Waals surface area contributed by atoms with E-state index in [4.69, 9.17) is 16.3 Å². The number of phenols is 1. The molecular weight excluding hydrogens is 432 g/mol. The lowest BCUT2D eigenvalue weighted by Crippen LogP contribution is -2.29. The molecule has 3 aromatic rings. The zero-order chi connectivity index (χ0) is 22.8. The average molecular weight is 451 g/mol. The number of ether oxygens (including phenoxy) is 1. The maximum Gasteiger partial charge on any atom is 0.300 e. The number of carbonyl (C=O) groups is 2. The molecule has 8 heteroatoms. The highest BCUT2D eigenvalue weighted by Crippen LogP contribution is 2.44. The molecule has 0 aliphatic carbocycles. The number of para-hydroxylation sites is 2. The summed E-state index contributed by atoms with van der Waals surface area (Å²) in [6.07, 6.45) is 1.52. The standard InChI is InChI=1S/C24H19ClN2O5/c1-2-32-14-10-11-16(25)15(13-14)22(29)20-21(17-7-5-6-12-26-17)27(24(31)23(20)30)18-8-3-4-9-19(18)28/h3-13,21,28-29H,2H2,1H3/b22-20+. The maximum atomic E-state index is 13.1. The Bertz CT molecular complexity index is 1230. The number of aromatic hydroxyl groups is 1. The van der Waals surface area contributed by atoms with Crippen molar-refractivity contribution in [2.24, 2.45) is 0 Å². The third-order valence-corrected chi connectivity index (χ3v) is 5.39. The van der Waals surface area contributed by atoms with Crippen molar-refractivity contribution >= 4 is 34.7 Å². The van der Waals surface area contributed by atoms with Gasteiger partial charge in [0.05, 0.1) is 28.6 Å². The fourth-order valence-corrected chi connectivity index (χ4v) is 3.86. The summed E-state index contributed by atoms with van der Waals surface area (Å²) in [4.78, 5) is 31.6. The number of pyridine rings is 1. The number of anilines is 1.